The van der Waals surface area contributed by atoms with Crippen LogP contribution in [0.2, 0.25) is 0 Å². The molecule has 4 rings (SSSR count). The molecule has 3 aromatic rings. The third kappa shape index (κ3) is 4.25. The van der Waals surface area contributed by atoms with E-state index in [4.69, 9.17) is 0 Å². The van der Waals surface area contributed by atoms with E-state index in [9.17, 15) is 9.59 Å². The third-order valence-electron chi connectivity index (χ3n) is 4.79. The number of hydrogen-bond acceptors (Lipinski definition) is 4. The summed E-state index contributed by atoms with van der Waals surface area (Å²) in [6.45, 7) is 2.63. The molecule has 2 amide bonds. The minimum absolute atomic E-state index is 0.00591. The molecule has 1 aliphatic carbocycles. The zero-order valence-electron chi connectivity index (χ0n) is 15.5. The van der Waals surface area contributed by atoms with Gasteiger partial charge in [-0.25, -0.2) is 9.67 Å². The highest BCUT2D eigenvalue weighted by Crippen LogP contribution is 2.38. The van der Waals surface area contributed by atoms with Gasteiger partial charge < -0.3 is 5.32 Å². The molecule has 0 radical (unpaired) electrons. The minimum Gasteiger partial charge on any atom is -0.326 e. The molecule has 1 fully saturated rings. The zero-order chi connectivity index (χ0) is 19.5. The van der Waals surface area contributed by atoms with Crippen molar-refractivity contribution in [3.63, 3.8) is 0 Å². The predicted octanol–water partition coefficient (Wildman–Crippen LogP) is 3.17. The number of nitrogens with one attached hydrogen (secondary N) is 2. The Labute approximate surface area is 162 Å². The van der Waals surface area contributed by atoms with E-state index >= 15 is 0 Å². The van der Waals surface area contributed by atoms with Crippen molar-refractivity contribution in [2.24, 2.45) is 11.8 Å². The highest BCUT2D eigenvalue weighted by molar-refractivity contribution is 6.04. The minimum atomic E-state index is -0.326. The summed E-state index contributed by atoms with van der Waals surface area (Å²) in [5.41, 5.74) is 2.14. The van der Waals surface area contributed by atoms with Crippen LogP contribution in [0, 0.1) is 11.8 Å². The van der Waals surface area contributed by atoms with Gasteiger partial charge in [0.15, 0.2) is 0 Å². The topological polar surface area (TPSA) is 88.9 Å². The molecule has 7 nitrogen and oxygen atoms in total. The number of rotatable bonds is 6. The second kappa shape index (κ2) is 7.64. The highest BCUT2D eigenvalue weighted by Gasteiger charge is 2.39. The van der Waals surface area contributed by atoms with Crippen molar-refractivity contribution < 1.29 is 9.59 Å². The Morgan fingerprint density at radius 1 is 1.11 bits per heavy atom. The van der Waals surface area contributed by atoms with Crippen LogP contribution in [-0.2, 0) is 11.3 Å². The van der Waals surface area contributed by atoms with E-state index in [0.29, 0.717) is 23.7 Å². The average molecular weight is 375 g/mol. The lowest BCUT2D eigenvalue weighted by Gasteiger charge is -2.07. The molecule has 2 atom stereocenters. The van der Waals surface area contributed by atoms with Gasteiger partial charge in [0.05, 0.1) is 6.54 Å². The summed E-state index contributed by atoms with van der Waals surface area (Å²) in [6.07, 6.45) is 2.50. The Balaban J connectivity index is 1.38. The Morgan fingerprint density at radius 3 is 2.64 bits per heavy atom. The van der Waals surface area contributed by atoms with Gasteiger partial charge in [-0.1, -0.05) is 43.3 Å². The molecule has 7 heteroatoms. The van der Waals surface area contributed by atoms with Crippen molar-refractivity contribution >= 4 is 23.5 Å². The number of amides is 2. The first-order valence-electron chi connectivity index (χ1n) is 9.24. The van der Waals surface area contributed by atoms with Crippen molar-refractivity contribution in [3.8, 4) is 0 Å². The van der Waals surface area contributed by atoms with E-state index in [2.05, 4.69) is 27.6 Å². The standard InChI is InChI=1S/C21H21N5O2/c1-14-10-18(14)20(28)23-17-9-5-8-16(11-17)19(27)24-21-22-13-26(25-21)12-15-6-3-2-4-7-15/h2-9,11,13-14,18H,10,12H2,1H3,(H,23,28)(H,24,25,27). The van der Waals surface area contributed by atoms with Gasteiger partial charge >= 0.3 is 0 Å². The first-order valence-corrected chi connectivity index (χ1v) is 9.24. The smallest absolute Gasteiger partial charge is 0.258 e. The summed E-state index contributed by atoms with van der Waals surface area (Å²) in [5.74, 6) is 0.431. The Morgan fingerprint density at radius 2 is 1.89 bits per heavy atom. The number of anilines is 2. The van der Waals surface area contributed by atoms with E-state index in [0.717, 1.165) is 12.0 Å². The van der Waals surface area contributed by atoms with Gasteiger partial charge in [0, 0.05) is 17.2 Å². The lowest BCUT2D eigenvalue weighted by molar-refractivity contribution is -0.117. The van der Waals surface area contributed by atoms with Crippen LogP contribution in [0.5, 0.6) is 0 Å². The van der Waals surface area contributed by atoms with Gasteiger partial charge in [0.1, 0.15) is 6.33 Å². The zero-order valence-corrected chi connectivity index (χ0v) is 15.5. The molecular weight excluding hydrogens is 354 g/mol. The van der Waals surface area contributed by atoms with Crippen LogP contribution in [0.3, 0.4) is 0 Å². The van der Waals surface area contributed by atoms with Crippen molar-refractivity contribution in [2.45, 2.75) is 19.9 Å². The molecule has 142 valence electrons. The fourth-order valence-electron chi connectivity index (χ4n) is 3.03. The molecule has 2 N–H and O–H groups in total. The number of carbonyl (C=O) groups is 2. The molecule has 1 aliphatic rings. The molecule has 2 aromatic carbocycles. The van der Waals surface area contributed by atoms with Gasteiger partial charge in [-0.2, -0.15) is 0 Å². The molecule has 1 heterocycles. The fraction of sp³-hybridized carbons (Fsp3) is 0.238. The van der Waals surface area contributed by atoms with Crippen molar-refractivity contribution in [1.29, 1.82) is 0 Å². The van der Waals surface area contributed by atoms with Crippen LogP contribution in [0.4, 0.5) is 11.6 Å². The first kappa shape index (κ1) is 17.9. The van der Waals surface area contributed by atoms with Gasteiger partial charge in [0.2, 0.25) is 11.9 Å². The Hall–Kier alpha value is -3.48. The van der Waals surface area contributed by atoms with Crippen molar-refractivity contribution in [2.75, 3.05) is 10.6 Å². The van der Waals surface area contributed by atoms with Gasteiger partial charge in [-0.05, 0) is 36.1 Å². The molecule has 28 heavy (non-hydrogen) atoms. The maximum atomic E-state index is 12.5. The number of carbonyl (C=O) groups excluding carboxylic acids is 2. The van der Waals surface area contributed by atoms with E-state index in [-0.39, 0.29) is 23.7 Å². The van der Waals surface area contributed by atoms with Crippen molar-refractivity contribution in [1.82, 2.24) is 14.8 Å². The summed E-state index contributed by atoms with van der Waals surface area (Å²) in [7, 11) is 0. The number of hydrogen-bond donors (Lipinski definition) is 2. The molecule has 0 spiro atoms. The molecular formula is C21H21N5O2. The van der Waals surface area contributed by atoms with Crippen molar-refractivity contribution in [3.05, 3.63) is 72.1 Å². The molecule has 0 aliphatic heterocycles. The quantitative estimate of drug-likeness (QED) is 0.693. The molecule has 0 saturated heterocycles. The molecule has 1 aromatic heterocycles. The summed E-state index contributed by atoms with van der Waals surface area (Å²) in [5, 5.41) is 9.85. The van der Waals surface area contributed by atoms with E-state index in [1.807, 2.05) is 30.3 Å². The first-order chi connectivity index (χ1) is 13.6. The average Bonchev–Trinajstić information content (AvgIpc) is 3.28. The molecule has 0 bridgehead atoms. The normalized spacial score (nSPS) is 17.8. The van der Waals surface area contributed by atoms with E-state index in [1.54, 1.807) is 35.3 Å². The van der Waals surface area contributed by atoms with Crippen LogP contribution in [-0.4, -0.2) is 26.6 Å². The monoisotopic (exact) mass is 375 g/mol. The summed E-state index contributed by atoms with van der Waals surface area (Å²) >= 11 is 0. The Bertz CT molecular complexity index is 999. The van der Waals surface area contributed by atoms with Crippen LogP contribution >= 0.6 is 0 Å². The van der Waals surface area contributed by atoms with Gasteiger partial charge in [0.25, 0.3) is 5.91 Å². The van der Waals surface area contributed by atoms with Crippen LogP contribution in [0.15, 0.2) is 60.9 Å². The lowest BCUT2D eigenvalue weighted by atomic mass is 10.2. The Kier molecular flexibility index (Phi) is 4.89. The SMILES string of the molecule is CC1CC1C(=O)Nc1cccc(C(=O)Nc2ncn(Cc3ccccc3)n2)c1. The van der Waals surface area contributed by atoms with Crippen LogP contribution in [0.25, 0.3) is 0 Å². The lowest BCUT2D eigenvalue weighted by Crippen LogP contribution is -2.16. The van der Waals surface area contributed by atoms with E-state index in [1.165, 1.54) is 0 Å². The maximum Gasteiger partial charge on any atom is 0.258 e. The summed E-state index contributed by atoms with van der Waals surface area (Å²) < 4.78 is 1.67. The summed E-state index contributed by atoms with van der Waals surface area (Å²) in [6, 6.07) is 16.7. The molecule has 1 saturated carbocycles. The second-order valence-electron chi connectivity index (χ2n) is 7.10. The maximum absolute atomic E-state index is 12.5. The number of aromatic nitrogens is 3. The second-order valence-corrected chi connectivity index (χ2v) is 7.10. The highest BCUT2D eigenvalue weighted by atomic mass is 16.2. The molecule has 2 unspecified atom stereocenters. The third-order valence-corrected chi connectivity index (χ3v) is 4.79. The largest absolute Gasteiger partial charge is 0.326 e. The van der Waals surface area contributed by atoms with E-state index < -0.39 is 0 Å². The van der Waals surface area contributed by atoms with Gasteiger partial charge in [-0.15, -0.1) is 5.10 Å². The number of nitrogens with zero attached hydrogens (tertiary/aromatic N) is 3. The van der Waals surface area contributed by atoms with Crippen LogP contribution < -0.4 is 10.6 Å². The fourth-order valence-corrected chi connectivity index (χ4v) is 3.03. The van der Waals surface area contributed by atoms with Gasteiger partial charge in [-0.3, -0.25) is 14.9 Å². The predicted molar refractivity (Wildman–Crippen MR) is 106 cm³/mol. The number of benzene rings is 2. The summed E-state index contributed by atoms with van der Waals surface area (Å²) in [4.78, 5) is 28.7. The van der Waals surface area contributed by atoms with Crippen LogP contribution in [0.1, 0.15) is 29.3 Å².